The van der Waals surface area contributed by atoms with Crippen LogP contribution in [0.1, 0.15) is 60.0 Å². The van der Waals surface area contributed by atoms with Crippen molar-refractivity contribution in [2.45, 2.75) is 57.7 Å². The Morgan fingerprint density at radius 3 is 2.72 bits per heavy atom. The van der Waals surface area contributed by atoms with Crippen molar-refractivity contribution in [2.75, 3.05) is 19.6 Å². The average molecular weight is 399 g/mol. The van der Waals surface area contributed by atoms with Gasteiger partial charge in [-0.15, -0.1) is 0 Å². The molecule has 3 N–H and O–H groups in total. The van der Waals surface area contributed by atoms with Gasteiger partial charge in [-0.3, -0.25) is 19.7 Å². The molecule has 0 spiro atoms. The number of imide groups is 1. The van der Waals surface area contributed by atoms with Crippen LogP contribution in [-0.2, 0) is 22.7 Å². The van der Waals surface area contributed by atoms with E-state index in [9.17, 15) is 14.4 Å². The summed E-state index contributed by atoms with van der Waals surface area (Å²) in [5.74, 6) is 0.123. The van der Waals surface area contributed by atoms with Crippen molar-refractivity contribution in [1.82, 2.24) is 20.9 Å². The van der Waals surface area contributed by atoms with Crippen molar-refractivity contribution < 1.29 is 14.4 Å². The van der Waals surface area contributed by atoms with E-state index in [0.29, 0.717) is 18.5 Å². The van der Waals surface area contributed by atoms with Gasteiger partial charge in [0.25, 0.3) is 5.91 Å². The molecule has 1 aromatic carbocycles. The molecule has 0 aliphatic carbocycles. The van der Waals surface area contributed by atoms with E-state index in [2.05, 4.69) is 22.0 Å². The normalized spacial score (nSPS) is 22.7. The van der Waals surface area contributed by atoms with E-state index >= 15 is 0 Å². The van der Waals surface area contributed by atoms with E-state index < -0.39 is 6.04 Å². The second-order valence-corrected chi connectivity index (χ2v) is 8.40. The summed E-state index contributed by atoms with van der Waals surface area (Å²) in [5, 5.41) is 9.24. The molecule has 0 saturated carbocycles. The van der Waals surface area contributed by atoms with Gasteiger partial charge in [0, 0.05) is 25.1 Å². The van der Waals surface area contributed by atoms with E-state index in [1.54, 1.807) is 4.90 Å². The monoisotopic (exact) mass is 398 g/mol. The van der Waals surface area contributed by atoms with E-state index in [4.69, 9.17) is 0 Å². The predicted molar refractivity (Wildman–Crippen MR) is 109 cm³/mol. The number of fused-ring (bicyclic) bond motifs is 1. The van der Waals surface area contributed by atoms with E-state index in [1.165, 1.54) is 25.7 Å². The van der Waals surface area contributed by atoms with Crippen LogP contribution < -0.4 is 16.0 Å². The Balaban J connectivity index is 1.27. The van der Waals surface area contributed by atoms with Crippen LogP contribution in [0.4, 0.5) is 0 Å². The smallest absolute Gasteiger partial charge is 0.255 e. The quantitative estimate of drug-likeness (QED) is 0.476. The Bertz CT molecular complexity index is 788. The molecule has 3 aliphatic heterocycles. The van der Waals surface area contributed by atoms with Gasteiger partial charge in [-0.2, -0.15) is 0 Å². The maximum absolute atomic E-state index is 12.9. The summed E-state index contributed by atoms with van der Waals surface area (Å²) in [4.78, 5) is 38.0. The molecule has 1 atom stereocenters. The zero-order valence-corrected chi connectivity index (χ0v) is 16.8. The van der Waals surface area contributed by atoms with Gasteiger partial charge in [0.1, 0.15) is 6.04 Å². The van der Waals surface area contributed by atoms with Gasteiger partial charge in [-0.25, -0.2) is 0 Å². The third-order valence-electron chi connectivity index (χ3n) is 6.35. The number of hydrogen-bond donors (Lipinski definition) is 3. The summed E-state index contributed by atoms with van der Waals surface area (Å²) < 4.78 is 0. The average Bonchev–Trinajstić information content (AvgIpc) is 3.04. The third kappa shape index (κ3) is 4.67. The molecule has 0 aromatic heterocycles. The van der Waals surface area contributed by atoms with Crippen LogP contribution in [0.5, 0.6) is 0 Å². The number of hydrogen-bond acceptors (Lipinski definition) is 5. The molecule has 1 unspecified atom stereocenters. The maximum atomic E-state index is 12.9. The highest BCUT2D eigenvalue weighted by molar-refractivity contribution is 6.05. The van der Waals surface area contributed by atoms with Crippen molar-refractivity contribution in [1.29, 1.82) is 0 Å². The van der Waals surface area contributed by atoms with Crippen molar-refractivity contribution in [2.24, 2.45) is 5.92 Å². The highest BCUT2D eigenvalue weighted by atomic mass is 16.2. The molecule has 29 heavy (non-hydrogen) atoms. The van der Waals surface area contributed by atoms with Gasteiger partial charge in [0.2, 0.25) is 11.8 Å². The Morgan fingerprint density at radius 1 is 1.10 bits per heavy atom. The number of amides is 3. The Labute approximate surface area is 171 Å². The lowest BCUT2D eigenvalue weighted by atomic mass is 9.93. The Morgan fingerprint density at radius 2 is 1.93 bits per heavy atom. The molecule has 3 aliphatic rings. The first-order valence-corrected chi connectivity index (χ1v) is 10.8. The summed E-state index contributed by atoms with van der Waals surface area (Å²) in [5.41, 5.74) is 2.72. The van der Waals surface area contributed by atoms with Crippen LogP contribution in [0, 0.1) is 5.92 Å². The molecule has 3 amide bonds. The lowest BCUT2D eigenvalue weighted by Gasteiger charge is -2.29. The second-order valence-electron chi connectivity index (χ2n) is 8.40. The summed E-state index contributed by atoms with van der Waals surface area (Å²) in [6, 6.07) is 5.44. The van der Waals surface area contributed by atoms with Gasteiger partial charge in [0.15, 0.2) is 0 Å². The van der Waals surface area contributed by atoms with E-state index in [1.807, 2.05) is 12.1 Å². The number of carbonyl (C=O) groups is 3. The number of benzene rings is 1. The molecule has 7 heteroatoms. The maximum Gasteiger partial charge on any atom is 0.255 e. The van der Waals surface area contributed by atoms with E-state index in [0.717, 1.165) is 43.2 Å². The fraction of sp³-hybridized carbons (Fsp3) is 0.591. The van der Waals surface area contributed by atoms with Crippen molar-refractivity contribution >= 4 is 17.7 Å². The SMILES string of the molecule is O=C1CCC(N2Cc3ccc(CNCCCC4CCNCC4)cc3C2=O)C(=O)N1. The fourth-order valence-electron chi connectivity index (χ4n) is 4.63. The minimum atomic E-state index is -0.552. The van der Waals surface area contributed by atoms with Crippen molar-refractivity contribution in [3.63, 3.8) is 0 Å². The van der Waals surface area contributed by atoms with Gasteiger partial charge in [-0.05, 0) is 74.8 Å². The van der Waals surface area contributed by atoms with E-state index in [-0.39, 0.29) is 24.1 Å². The molecule has 1 aromatic rings. The largest absolute Gasteiger partial charge is 0.322 e. The lowest BCUT2D eigenvalue weighted by molar-refractivity contribution is -0.136. The molecular weight excluding hydrogens is 368 g/mol. The molecule has 3 heterocycles. The van der Waals surface area contributed by atoms with Crippen LogP contribution in [0.2, 0.25) is 0 Å². The molecule has 4 rings (SSSR count). The van der Waals surface area contributed by atoms with Crippen LogP contribution >= 0.6 is 0 Å². The predicted octanol–water partition coefficient (Wildman–Crippen LogP) is 1.32. The minimum absolute atomic E-state index is 0.109. The highest BCUT2D eigenvalue weighted by Gasteiger charge is 2.39. The van der Waals surface area contributed by atoms with Crippen LogP contribution in [-0.4, -0.2) is 48.3 Å². The van der Waals surface area contributed by atoms with Crippen LogP contribution in [0.3, 0.4) is 0 Å². The number of nitrogens with zero attached hydrogens (tertiary/aromatic N) is 1. The van der Waals surface area contributed by atoms with Crippen LogP contribution in [0.25, 0.3) is 0 Å². The second kappa shape index (κ2) is 9.05. The molecule has 2 saturated heterocycles. The first-order chi connectivity index (χ1) is 14.1. The topological polar surface area (TPSA) is 90.5 Å². The van der Waals surface area contributed by atoms with Gasteiger partial charge in [-0.1, -0.05) is 12.1 Å². The summed E-state index contributed by atoms with van der Waals surface area (Å²) in [7, 11) is 0. The fourth-order valence-corrected chi connectivity index (χ4v) is 4.63. The van der Waals surface area contributed by atoms with Crippen molar-refractivity contribution in [3.05, 3.63) is 34.9 Å². The molecule has 156 valence electrons. The number of piperidine rings is 2. The number of carbonyl (C=O) groups excluding carboxylic acids is 3. The zero-order chi connectivity index (χ0) is 20.2. The summed E-state index contributed by atoms with van der Waals surface area (Å²) >= 11 is 0. The Kier molecular flexibility index (Phi) is 6.25. The first-order valence-electron chi connectivity index (χ1n) is 10.8. The van der Waals surface area contributed by atoms with Gasteiger partial charge >= 0.3 is 0 Å². The molecule has 7 nitrogen and oxygen atoms in total. The summed E-state index contributed by atoms with van der Waals surface area (Å²) in [6.45, 7) is 4.46. The van der Waals surface area contributed by atoms with Gasteiger partial charge < -0.3 is 15.5 Å². The first kappa shape index (κ1) is 20.0. The van der Waals surface area contributed by atoms with Crippen molar-refractivity contribution in [3.8, 4) is 0 Å². The molecule has 0 radical (unpaired) electrons. The highest BCUT2D eigenvalue weighted by Crippen LogP contribution is 2.28. The third-order valence-corrected chi connectivity index (χ3v) is 6.35. The minimum Gasteiger partial charge on any atom is -0.322 e. The lowest BCUT2D eigenvalue weighted by Crippen LogP contribution is -2.52. The molecule has 0 bridgehead atoms. The number of rotatable bonds is 7. The zero-order valence-electron chi connectivity index (χ0n) is 16.8. The summed E-state index contributed by atoms with van der Waals surface area (Å²) in [6.07, 6.45) is 5.71. The molecular formula is C22H30N4O3. The number of nitrogens with one attached hydrogen (secondary N) is 3. The van der Waals surface area contributed by atoms with Gasteiger partial charge in [0.05, 0.1) is 0 Å². The standard InChI is InChI=1S/C22H30N4O3/c27-20-6-5-19(21(28)25-20)26-14-17-4-3-16(12-18(17)22(26)29)13-24-9-1-2-15-7-10-23-11-8-15/h3-4,12,15,19,23-24H,1-2,5-11,13-14H2,(H,25,27,28). The Hall–Kier alpha value is -2.25. The molecule has 2 fully saturated rings. The van der Waals surface area contributed by atoms with Crippen LogP contribution in [0.15, 0.2) is 18.2 Å².